The van der Waals surface area contributed by atoms with E-state index in [9.17, 15) is 0 Å². The predicted octanol–water partition coefficient (Wildman–Crippen LogP) is 2.55. The molecular formula is C19H26N6. The van der Waals surface area contributed by atoms with Gasteiger partial charge in [0.25, 0.3) is 0 Å². The standard InChI is InChI=1S/C19H26N6/c1-15-20-9-7-18(22-15)16-5-4-10-24(13-16)14-17-6-8-21-19(23-17)25-11-2-3-12-25/h6-9,16H,2-5,10-14H2,1H3/t16-/m0/s1. The molecule has 0 unspecified atom stereocenters. The number of anilines is 1. The van der Waals surface area contributed by atoms with Crippen LogP contribution in [0.5, 0.6) is 0 Å². The second kappa shape index (κ2) is 7.44. The maximum atomic E-state index is 4.81. The first-order valence-corrected chi connectivity index (χ1v) is 9.37. The largest absolute Gasteiger partial charge is 0.341 e. The molecule has 1 atom stereocenters. The number of likely N-dealkylation sites (tertiary alicyclic amines) is 1. The molecule has 0 bridgehead atoms. The summed E-state index contributed by atoms with van der Waals surface area (Å²) in [4.78, 5) is 22.9. The van der Waals surface area contributed by atoms with Crippen molar-refractivity contribution in [2.75, 3.05) is 31.1 Å². The van der Waals surface area contributed by atoms with Crippen LogP contribution < -0.4 is 4.90 Å². The fraction of sp³-hybridized carbons (Fsp3) is 0.579. The van der Waals surface area contributed by atoms with Gasteiger partial charge in [0.2, 0.25) is 5.95 Å². The summed E-state index contributed by atoms with van der Waals surface area (Å²) in [5.74, 6) is 2.26. The van der Waals surface area contributed by atoms with Crippen LogP contribution in [-0.4, -0.2) is 51.0 Å². The van der Waals surface area contributed by atoms with Crippen molar-refractivity contribution in [3.63, 3.8) is 0 Å². The number of rotatable bonds is 4. The van der Waals surface area contributed by atoms with Crippen LogP contribution in [0.25, 0.3) is 0 Å². The zero-order valence-electron chi connectivity index (χ0n) is 14.9. The molecule has 0 saturated carbocycles. The highest BCUT2D eigenvalue weighted by Gasteiger charge is 2.23. The van der Waals surface area contributed by atoms with Gasteiger partial charge in [0, 0.05) is 50.2 Å². The third kappa shape index (κ3) is 3.95. The summed E-state index contributed by atoms with van der Waals surface area (Å²) < 4.78 is 0. The van der Waals surface area contributed by atoms with E-state index in [1.54, 1.807) is 0 Å². The fourth-order valence-electron chi connectivity index (χ4n) is 3.91. The number of nitrogens with zero attached hydrogens (tertiary/aromatic N) is 6. The summed E-state index contributed by atoms with van der Waals surface area (Å²) in [6, 6.07) is 4.12. The van der Waals surface area contributed by atoms with Gasteiger partial charge in [-0.3, -0.25) is 4.90 Å². The molecule has 4 heterocycles. The predicted molar refractivity (Wildman–Crippen MR) is 97.5 cm³/mol. The van der Waals surface area contributed by atoms with Gasteiger partial charge in [0.1, 0.15) is 5.82 Å². The molecule has 0 aromatic carbocycles. The van der Waals surface area contributed by atoms with Gasteiger partial charge >= 0.3 is 0 Å². The highest BCUT2D eigenvalue weighted by atomic mass is 15.3. The summed E-state index contributed by atoms with van der Waals surface area (Å²) >= 11 is 0. The van der Waals surface area contributed by atoms with E-state index in [2.05, 4.69) is 36.9 Å². The average molecular weight is 338 g/mol. The van der Waals surface area contributed by atoms with Crippen LogP contribution in [0.1, 0.15) is 48.8 Å². The smallest absolute Gasteiger partial charge is 0.225 e. The Labute approximate surface area is 149 Å². The van der Waals surface area contributed by atoms with Crippen LogP contribution in [-0.2, 0) is 6.54 Å². The van der Waals surface area contributed by atoms with Gasteiger partial charge in [0.15, 0.2) is 0 Å². The average Bonchev–Trinajstić information content (AvgIpc) is 3.17. The highest BCUT2D eigenvalue weighted by molar-refractivity contribution is 5.31. The molecular weight excluding hydrogens is 312 g/mol. The maximum Gasteiger partial charge on any atom is 0.225 e. The highest BCUT2D eigenvalue weighted by Crippen LogP contribution is 2.26. The van der Waals surface area contributed by atoms with Crippen molar-refractivity contribution in [2.45, 2.75) is 45.1 Å². The third-order valence-corrected chi connectivity index (χ3v) is 5.20. The molecule has 2 aromatic heterocycles. The lowest BCUT2D eigenvalue weighted by Crippen LogP contribution is -2.34. The summed E-state index contributed by atoms with van der Waals surface area (Å²) in [5.41, 5.74) is 2.30. The zero-order chi connectivity index (χ0) is 17.1. The lowest BCUT2D eigenvalue weighted by molar-refractivity contribution is 0.196. The first kappa shape index (κ1) is 16.4. The second-order valence-electron chi connectivity index (χ2n) is 7.15. The molecule has 6 nitrogen and oxygen atoms in total. The summed E-state index contributed by atoms with van der Waals surface area (Å²) in [6.45, 7) is 7.20. The monoisotopic (exact) mass is 338 g/mol. The minimum absolute atomic E-state index is 0.496. The van der Waals surface area contributed by atoms with Gasteiger partial charge in [-0.1, -0.05) is 0 Å². The molecule has 2 saturated heterocycles. The van der Waals surface area contributed by atoms with Crippen LogP contribution >= 0.6 is 0 Å². The van der Waals surface area contributed by atoms with Crippen molar-refractivity contribution in [1.29, 1.82) is 0 Å². The molecule has 0 N–H and O–H groups in total. The molecule has 2 aliphatic heterocycles. The lowest BCUT2D eigenvalue weighted by atomic mass is 9.94. The van der Waals surface area contributed by atoms with Crippen LogP contribution in [0, 0.1) is 6.92 Å². The van der Waals surface area contributed by atoms with Crippen molar-refractivity contribution < 1.29 is 0 Å². The van der Waals surface area contributed by atoms with Crippen molar-refractivity contribution in [3.8, 4) is 0 Å². The Hall–Kier alpha value is -2.08. The number of hydrogen-bond donors (Lipinski definition) is 0. The van der Waals surface area contributed by atoms with E-state index in [0.717, 1.165) is 50.2 Å². The Morgan fingerprint density at radius 3 is 2.68 bits per heavy atom. The quantitative estimate of drug-likeness (QED) is 0.854. The minimum atomic E-state index is 0.496. The van der Waals surface area contributed by atoms with Crippen LogP contribution in [0.3, 0.4) is 0 Å². The lowest BCUT2D eigenvalue weighted by Gasteiger charge is -2.32. The molecule has 0 amide bonds. The van der Waals surface area contributed by atoms with E-state index in [0.29, 0.717) is 5.92 Å². The first-order valence-electron chi connectivity index (χ1n) is 9.37. The Bertz CT molecular complexity index is 713. The van der Waals surface area contributed by atoms with Gasteiger partial charge in [-0.2, -0.15) is 0 Å². The van der Waals surface area contributed by atoms with Gasteiger partial charge in [-0.25, -0.2) is 19.9 Å². The van der Waals surface area contributed by atoms with Crippen molar-refractivity contribution >= 4 is 5.95 Å². The number of hydrogen-bond acceptors (Lipinski definition) is 6. The number of aryl methyl sites for hydroxylation is 1. The summed E-state index contributed by atoms with van der Waals surface area (Å²) in [5, 5.41) is 0. The SMILES string of the molecule is Cc1nccc([C@H]2CCCN(Cc3ccnc(N4CCCC4)n3)C2)n1. The van der Waals surface area contributed by atoms with Crippen molar-refractivity contribution in [3.05, 3.63) is 41.7 Å². The Morgan fingerprint density at radius 2 is 1.84 bits per heavy atom. The van der Waals surface area contributed by atoms with Gasteiger partial charge in [-0.15, -0.1) is 0 Å². The Morgan fingerprint density at radius 1 is 1.00 bits per heavy atom. The van der Waals surface area contributed by atoms with Crippen molar-refractivity contribution in [2.24, 2.45) is 0 Å². The topological polar surface area (TPSA) is 58.0 Å². The number of piperidine rings is 1. The molecule has 4 rings (SSSR count). The Balaban J connectivity index is 1.43. The molecule has 6 heteroatoms. The van der Waals surface area contributed by atoms with E-state index in [1.165, 1.54) is 31.4 Å². The van der Waals surface area contributed by atoms with E-state index in [1.807, 2.05) is 19.3 Å². The molecule has 2 aromatic rings. The maximum absolute atomic E-state index is 4.81. The van der Waals surface area contributed by atoms with E-state index < -0.39 is 0 Å². The zero-order valence-corrected chi connectivity index (χ0v) is 14.9. The normalized spacial score (nSPS) is 21.6. The number of aromatic nitrogens is 4. The van der Waals surface area contributed by atoms with Crippen LogP contribution in [0.4, 0.5) is 5.95 Å². The molecule has 0 aliphatic carbocycles. The Kier molecular flexibility index (Phi) is 4.88. The summed E-state index contributed by atoms with van der Waals surface area (Å²) in [6.07, 6.45) is 8.70. The van der Waals surface area contributed by atoms with Gasteiger partial charge in [0.05, 0.1) is 5.69 Å². The molecule has 2 fully saturated rings. The minimum Gasteiger partial charge on any atom is -0.341 e. The third-order valence-electron chi connectivity index (χ3n) is 5.20. The van der Waals surface area contributed by atoms with E-state index >= 15 is 0 Å². The van der Waals surface area contributed by atoms with E-state index in [-0.39, 0.29) is 0 Å². The summed E-state index contributed by atoms with van der Waals surface area (Å²) in [7, 11) is 0. The molecule has 0 radical (unpaired) electrons. The van der Waals surface area contributed by atoms with E-state index in [4.69, 9.17) is 4.98 Å². The second-order valence-corrected chi connectivity index (χ2v) is 7.15. The first-order chi connectivity index (χ1) is 12.3. The van der Waals surface area contributed by atoms with Gasteiger partial charge in [-0.05, 0) is 51.3 Å². The van der Waals surface area contributed by atoms with Crippen LogP contribution in [0.15, 0.2) is 24.5 Å². The van der Waals surface area contributed by atoms with Crippen LogP contribution in [0.2, 0.25) is 0 Å². The molecule has 0 spiro atoms. The van der Waals surface area contributed by atoms with Crippen molar-refractivity contribution in [1.82, 2.24) is 24.8 Å². The fourth-order valence-corrected chi connectivity index (χ4v) is 3.91. The van der Waals surface area contributed by atoms with Gasteiger partial charge < -0.3 is 4.90 Å². The molecule has 132 valence electrons. The molecule has 25 heavy (non-hydrogen) atoms. The molecule has 2 aliphatic rings.